The fourth-order valence-electron chi connectivity index (χ4n) is 3.36. The van der Waals surface area contributed by atoms with Gasteiger partial charge in [-0.05, 0) is 37.5 Å². The van der Waals surface area contributed by atoms with E-state index in [1.54, 1.807) is 18.2 Å². The molecule has 1 saturated heterocycles. The molecule has 0 aliphatic carbocycles. The molecule has 1 aliphatic rings. The van der Waals surface area contributed by atoms with Crippen LogP contribution in [0.3, 0.4) is 0 Å². The van der Waals surface area contributed by atoms with Gasteiger partial charge in [-0.15, -0.1) is 11.3 Å². The molecule has 2 amide bonds. The van der Waals surface area contributed by atoms with E-state index in [9.17, 15) is 14.0 Å². The maximum absolute atomic E-state index is 13.6. The lowest BCUT2D eigenvalue weighted by molar-refractivity contribution is -0.121. The Morgan fingerprint density at radius 3 is 2.96 bits per heavy atom. The van der Waals surface area contributed by atoms with Crippen LogP contribution in [0.15, 0.2) is 34.0 Å². The minimum atomic E-state index is -0.309. The van der Waals surface area contributed by atoms with E-state index < -0.39 is 0 Å². The molecule has 2 heterocycles. The molecule has 2 aromatic rings. The first-order chi connectivity index (χ1) is 13.6. The summed E-state index contributed by atoms with van der Waals surface area (Å²) in [7, 11) is 0. The number of benzene rings is 1. The Balaban J connectivity index is 1.45. The standard InChI is InChI=1S/C20H24FN3O2S2/c1-27-20-23-17(13-28-20)19(26)24-10-4-5-14(12-24)8-9-18(25)22-11-15-6-2-3-7-16(15)21/h2-3,6-7,13-14H,4-5,8-12H2,1H3,(H,22,25)/t14-/m1/s1. The molecule has 0 unspecified atom stereocenters. The predicted octanol–water partition coefficient (Wildman–Crippen LogP) is 3.95. The molecule has 0 radical (unpaired) electrons. The van der Waals surface area contributed by atoms with Crippen molar-refractivity contribution in [2.75, 3.05) is 19.3 Å². The van der Waals surface area contributed by atoms with E-state index in [1.807, 2.05) is 16.5 Å². The number of hydrogen-bond acceptors (Lipinski definition) is 5. The Bertz CT molecular complexity index is 827. The number of amides is 2. The van der Waals surface area contributed by atoms with E-state index in [-0.39, 0.29) is 24.2 Å². The van der Waals surface area contributed by atoms with Crippen LogP contribution in [0.4, 0.5) is 4.39 Å². The highest BCUT2D eigenvalue weighted by atomic mass is 32.2. The average molecular weight is 422 g/mol. The van der Waals surface area contributed by atoms with Crippen molar-refractivity contribution in [2.24, 2.45) is 5.92 Å². The minimum absolute atomic E-state index is 0.0229. The van der Waals surface area contributed by atoms with Crippen molar-refractivity contribution >= 4 is 34.9 Å². The summed E-state index contributed by atoms with van der Waals surface area (Å²) in [5.41, 5.74) is 0.996. The largest absolute Gasteiger partial charge is 0.352 e. The van der Waals surface area contributed by atoms with E-state index in [2.05, 4.69) is 10.3 Å². The summed E-state index contributed by atoms with van der Waals surface area (Å²) in [5.74, 6) is -0.118. The zero-order valence-electron chi connectivity index (χ0n) is 15.8. The van der Waals surface area contributed by atoms with Crippen molar-refractivity contribution in [1.29, 1.82) is 0 Å². The van der Waals surface area contributed by atoms with Gasteiger partial charge in [0.25, 0.3) is 5.91 Å². The molecule has 8 heteroatoms. The van der Waals surface area contributed by atoms with E-state index >= 15 is 0 Å². The van der Waals surface area contributed by atoms with Crippen LogP contribution >= 0.6 is 23.1 Å². The highest BCUT2D eigenvalue weighted by molar-refractivity contribution is 8.00. The summed E-state index contributed by atoms with van der Waals surface area (Å²) < 4.78 is 14.5. The molecule has 1 fully saturated rings. The molecule has 150 valence electrons. The number of likely N-dealkylation sites (tertiary alicyclic amines) is 1. The first-order valence-electron chi connectivity index (χ1n) is 9.35. The smallest absolute Gasteiger partial charge is 0.273 e. The van der Waals surface area contributed by atoms with Crippen LogP contribution < -0.4 is 5.32 Å². The molecule has 1 aromatic heterocycles. The molecule has 0 spiro atoms. The monoisotopic (exact) mass is 421 g/mol. The summed E-state index contributed by atoms with van der Waals surface area (Å²) >= 11 is 3.02. The van der Waals surface area contributed by atoms with Gasteiger partial charge in [-0.2, -0.15) is 0 Å². The first kappa shape index (κ1) is 20.8. The maximum Gasteiger partial charge on any atom is 0.273 e. The third kappa shape index (κ3) is 5.54. The summed E-state index contributed by atoms with van der Waals surface area (Å²) in [6.07, 6.45) is 5.00. The highest BCUT2D eigenvalue weighted by Gasteiger charge is 2.26. The van der Waals surface area contributed by atoms with Gasteiger partial charge in [-0.1, -0.05) is 30.0 Å². The van der Waals surface area contributed by atoms with Crippen LogP contribution in [0, 0.1) is 11.7 Å². The Labute approximate surface area is 172 Å². The molecule has 28 heavy (non-hydrogen) atoms. The van der Waals surface area contributed by atoms with Gasteiger partial charge in [0.05, 0.1) is 0 Å². The van der Waals surface area contributed by atoms with E-state index in [0.29, 0.717) is 30.1 Å². The lowest BCUT2D eigenvalue weighted by Gasteiger charge is -2.32. The number of nitrogens with zero attached hydrogens (tertiary/aromatic N) is 2. The molecule has 0 bridgehead atoms. The highest BCUT2D eigenvalue weighted by Crippen LogP contribution is 2.25. The third-order valence-corrected chi connectivity index (χ3v) is 6.76. The molecule has 3 rings (SSSR count). The zero-order valence-corrected chi connectivity index (χ0v) is 17.5. The van der Waals surface area contributed by atoms with Crippen molar-refractivity contribution in [3.63, 3.8) is 0 Å². The summed E-state index contributed by atoms with van der Waals surface area (Å²) in [6, 6.07) is 6.44. The van der Waals surface area contributed by atoms with Crippen molar-refractivity contribution in [1.82, 2.24) is 15.2 Å². The maximum atomic E-state index is 13.6. The minimum Gasteiger partial charge on any atom is -0.352 e. The van der Waals surface area contributed by atoms with Gasteiger partial charge in [0, 0.05) is 37.0 Å². The SMILES string of the molecule is CSc1nc(C(=O)N2CCC[C@H](CCC(=O)NCc3ccccc3F)C2)cs1. The lowest BCUT2D eigenvalue weighted by Crippen LogP contribution is -2.40. The predicted molar refractivity (Wildman–Crippen MR) is 110 cm³/mol. The second kappa shape index (κ2) is 10.0. The Kier molecular flexibility index (Phi) is 7.44. The molecule has 1 aromatic carbocycles. The molecule has 1 atom stereocenters. The molecule has 5 nitrogen and oxygen atoms in total. The van der Waals surface area contributed by atoms with Crippen molar-refractivity contribution in [3.05, 3.63) is 46.7 Å². The van der Waals surface area contributed by atoms with Crippen LogP contribution in [0.5, 0.6) is 0 Å². The van der Waals surface area contributed by atoms with Gasteiger partial charge in [-0.3, -0.25) is 9.59 Å². The number of carbonyl (C=O) groups is 2. The average Bonchev–Trinajstić information content (AvgIpc) is 3.20. The van der Waals surface area contributed by atoms with Crippen LogP contribution in [-0.2, 0) is 11.3 Å². The number of carbonyl (C=O) groups excluding carboxylic acids is 2. The molecule has 0 saturated carbocycles. The van der Waals surface area contributed by atoms with Crippen molar-refractivity contribution in [2.45, 2.75) is 36.6 Å². The fraction of sp³-hybridized carbons (Fsp3) is 0.450. The van der Waals surface area contributed by atoms with E-state index in [0.717, 1.165) is 30.1 Å². The van der Waals surface area contributed by atoms with Gasteiger partial charge < -0.3 is 10.2 Å². The summed E-state index contributed by atoms with van der Waals surface area (Å²) in [4.78, 5) is 31.0. The second-order valence-electron chi connectivity index (χ2n) is 6.87. The summed E-state index contributed by atoms with van der Waals surface area (Å²) in [6.45, 7) is 1.59. The summed E-state index contributed by atoms with van der Waals surface area (Å²) in [5, 5.41) is 4.59. The van der Waals surface area contributed by atoms with Gasteiger partial charge in [0.2, 0.25) is 5.91 Å². The zero-order chi connectivity index (χ0) is 19.9. The van der Waals surface area contributed by atoms with Crippen LogP contribution in [0.2, 0.25) is 0 Å². The number of rotatable bonds is 7. The fourth-order valence-corrected chi connectivity index (χ4v) is 4.59. The van der Waals surface area contributed by atoms with Crippen LogP contribution in [0.25, 0.3) is 0 Å². The van der Waals surface area contributed by atoms with E-state index in [1.165, 1.54) is 29.2 Å². The number of nitrogens with one attached hydrogen (secondary N) is 1. The molecule has 1 N–H and O–H groups in total. The van der Waals surface area contributed by atoms with Crippen LogP contribution in [-0.4, -0.2) is 41.0 Å². The lowest BCUT2D eigenvalue weighted by atomic mass is 9.93. The van der Waals surface area contributed by atoms with Crippen molar-refractivity contribution in [3.8, 4) is 0 Å². The second-order valence-corrected chi connectivity index (χ2v) is 8.78. The van der Waals surface area contributed by atoms with Gasteiger partial charge in [0.15, 0.2) is 0 Å². The van der Waals surface area contributed by atoms with Gasteiger partial charge >= 0.3 is 0 Å². The number of thioether (sulfide) groups is 1. The molecular formula is C20H24FN3O2S2. The Morgan fingerprint density at radius 2 is 2.21 bits per heavy atom. The van der Waals surface area contributed by atoms with Gasteiger partial charge in [-0.25, -0.2) is 9.37 Å². The molecular weight excluding hydrogens is 397 g/mol. The quantitative estimate of drug-likeness (QED) is 0.688. The molecule has 1 aliphatic heterocycles. The van der Waals surface area contributed by atoms with E-state index in [4.69, 9.17) is 0 Å². The number of hydrogen-bond donors (Lipinski definition) is 1. The number of aromatic nitrogens is 1. The number of halogens is 1. The Morgan fingerprint density at radius 1 is 1.39 bits per heavy atom. The number of thiazole rings is 1. The normalized spacial score (nSPS) is 16.8. The van der Waals surface area contributed by atoms with Crippen molar-refractivity contribution < 1.29 is 14.0 Å². The first-order valence-corrected chi connectivity index (χ1v) is 11.5. The van der Waals surface area contributed by atoms with Crippen LogP contribution in [0.1, 0.15) is 41.7 Å². The van der Waals surface area contributed by atoms with Gasteiger partial charge in [0.1, 0.15) is 15.9 Å². The topological polar surface area (TPSA) is 62.3 Å². The Hall–Kier alpha value is -1.93. The number of piperidine rings is 1. The third-order valence-electron chi connectivity index (χ3n) is 4.90.